The summed E-state index contributed by atoms with van der Waals surface area (Å²) in [4.78, 5) is 21.4. The van der Waals surface area contributed by atoms with Gasteiger partial charge in [-0.3, -0.25) is 4.79 Å². The third-order valence-corrected chi connectivity index (χ3v) is 8.66. The molecule has 6 rings (SSSR count). The first kappa shape index (κ1) is 20.4. The molecule has 1 amide bonds. The number of amides is 1. The standard InChI is InChI=1S/C23H28N4O3S/c1-15-7-9-24-22(25-15)27-31(29,30)20-4-2-19(3-5-20)26-21(28)23-8-6-16-10-17(13-23)12-18(11-16)14-23/h2-5,7,9,16-18H,6,8,10-14H2,1H3,(H,26,28)(H,24,25,27)/t16?,17-,18+,23?. The number of benzene rings is 1. The fourth-order valence-corrected chi connectivity index (χ4v) is 7.05. The number of carbonyl (C=O) groups excluding carboxylic acids is 1. The second kappa shape index (κ2) is 7.58. The Bertz CT molecular complexity index is 1090. The molecule has 4 saturated carbocycles. The van der Waals surface area contributed by atoms with E-state index in [1.165, 1.54) is 37.6 Å². The summed E-state index contributed by atoms with van der Waals surface area (Å²) in [6, 6.07) is 7.99. The predicted molar refractivity (Wildman–Crippen MR) is 118 cm³/mol. The number of hydrogen-bond acceptors (Lipinski definition) is 5. The average molecular weight is 441 g/mol. The van der Waals surface area contributed by atoms with E-state index >= 15 is 0 Å². The Morgan fingerprint density at radius 3 is 2.39 bits per heavy atom. The molecule has 31 heavy (non-hydrogen) atoms. The van der Waals surface area contributed by atoms with Gasteiger partial charge in [0, 0.05) is 17.6 Å². The summed E-state index contributed by atoms with van der Waals surface area (Å²) < 4.78 is 27.7. The second-order valence-electron chi connectivity index (χ2n) is 9.64. The van der Waals surface area contributed by atoms with Gasteiger partial charge in [-0.1, -0.05) is 0 Å². The molecule has 8 heteroatoms. The quantitative estimate of drug-likeness (QED) is 0.728. The SMILES string of the molecule is Cc1ccnc(NS(=O)(=O)c2ccc(NC(=O)C34CCC5C[C@H](C[C@H](C5)C3)C4)cc2)n1. The molecule has 1 aromatic carbocycles. The largest absolute Gasteiger partial charge is 0.326 e. The monoisotopic (exact) mass is 440 g/mol. The summed E-state index contributed by atoms with van der Waals surface area (Å²) in [6.07, 6.45) is 9.50. The lowest BCUT2D eigenvalue weighted by Gasteiger charge is -2.44. The fourth-order valence-electron chi connectivity index (χ4n) is 6.10. The number of hydrogen-bond donors (Lipinski definition) is 2. The molecule has 164 valence electrons. The number of sulfonamides is 1. The number of nitrogens with one attached hydrogen (secondary N) is 2. The summed E-state index contributed by atoms with van der Waals surface area (Å²) in [7, 11) is -3.80. The highest BCUT2D eigenvalue weighted by Crippen LogP contribution is 2.57. The van der Waals surface area contributed by atoms with Crippen molar-refractivity contribution < 1.29 is 13.2 Å². The van der Waals surface area contributed by atoms with E-state index in [1.54, 1.807) is 25.1 Å². The van der Waals surface area contributed by atoms with Crippen molar-refractivity contribution in [2.45, 2.75) is 56.8 Å². The van der Waals surface area contributed by atoms with E-state index in [0.717, 1.165) is 31.6 Å². The van der Waals surface area contributed by atoms with Gasteiger partial charge in [0.15, 0.2) is 0 Å². The maximum atomic E-state index is 13.3. The van der Waals surface area contributed by atoms with Crippen LogP contribution in [-0.4, -0.2) is 24.3 Å². The normalized spacial score (nSPS) is 29.4. The van der Waals surface area contributed by atoms with Crippen LogP contribution < -0.4 is 10.0 Å². The molecule has 0 spiro atoms. The smallest absolute Gasteiger partial charge is 0.264 e. The Labute approximate surface area is 183 Å². The lowest BCUT2D eigenvalue weighted by atomic mass is 9.61. The van der Waals surface area contributed by atoms with Crippen LogP contribution in [0.25, 0.3) is 0 Å². The fraction of sp³-hybridized carbons (Fsp3) is 0.522. The second-order valence-corrected chi connectivity index (χ2v) is 11.3. The minimum absolute atomic E-state index is 0.0371. The molecule has 0 radical (unpaired) electrons. The Balaban J connectivity index is 1.30. The predicted octanol–water partition coefficient (Wildman–Crippen LogP) is 4.13. The molecule has 4 aliphatic carbocycles. The van der Waals surface area contributed by atoms with Crippen molar-refractivity contribution >= 4 is 27.6 Å². The van der Waals surface area contributed by atoms with Gasteiger partial charge in [0.1, 0.15) is 0 Å². The van der Waals surface area contributed by atoms with Crippen molar-refractivity contribution in [3.05, 3.63) is 42.2 Å². The van der Waals surface area contributed by atoms with Crippen LogP contribution in [0.1, 0.15) is 50.6 Å². The number of fused-ring (bicyclic) bond motifs is 1. The molecule has 1 heterocycles. The number of nitrogens with zero attached hydrogens (tertiary/aromatic N) is 2. The van der Waals surface area contributed by atoms with Gasteiger partial charge in [0.25, 0.3) is 10.0 Å². The first-order valence-electron chi connectivity index (χ1n) is 11.1. The molecule has 7 nitrogen and oxygen atoms in total. The summed E-state index contributed by atoms with van der Waals surface area (Å²) in [5.41, 5.74) is 1.04. The highest BCUT2D eigenvalue weighted by atomic mass is 32.2. The molecule has 0 saturated heterocycles. The molecule has 4 fully saturated rings. The molecule has 2 N–H and O–H groups in total. The van der Waals surface area contributed by atoms with Gasteiger partial charge >= 0.3 is 0 Å². The number of aromatic nitrogens is 2. The van der Waals surface area contributed by atoms with Crippen molar-refractivity contribution in [3.8, 4) is 0 Å². The lowest BCUT2D eigenvalue weighted by Crippen LogP contribution is -2.42. The van der Waals surface area contributed by atoms with E-state index in [1.807, 2.05) is 0 Å². The highest BCUT2D eigenvalue weighted by molar-refractivity contribution is 7.92. The minimum atomic E-state index is -3.80. The van der Waals surface area contributed by atoms with E-state index in [4.69, 9.17) is 0 Å². The first-order chi connectivity index (χ1) is 14.8. The van der Waals surface area contributed by atoms with E-state index in [-0.39, 0.29) is 22.2 Å². The lowest BCUT2D eigenvalue weighted by molar-refractivity contribution is -0.130. The molecule has 4 bridgehead atoms. The van der Waals surface area contributed by atoms with Crippen molar-refractivity contribution in [3.63, 3.8) is 0 Å². The Hall–Kier alpha value is -2.48. The van der Waals surface area contributed by atoms with Crippen LogP contribution >= 0.6 is 0 Å². The van der Waals surface area contributed by atoms with Gasteiger partial charge in [-0.15, -0.1) is 0 Å². The molecular formula is C23H28N4O3S. The molecule has 4 atom stereocenters. The molecule has 2 unspecified atom stereocenters. The molecular weight excluding hydrogens is 412 g/mol. The Morgan fingerprint density at radius 1 is 1.03 bits per heavy atom. The van der Waals surface area contributed by atoms with Crippen LogP contribution in [0.15, 0.2) is 41.4 Å². The summed E-state index contributed by atoms with van der Waals surface area (Å²) >= 11 is 0. The van der Waals surface area contributed by atoms with Gasteiger partial charge in [0.05, 0.1) is 10.3 Å². The highest BCUT2D eigenvalue weighted by Gasteiger charge is 2.51. The number of carbonyl (C=O) groups is 1. The number of anilines is 2. The van der Waals surface area contributed by atoms with Crippen molar-refractivity contribution in [1.29, 1.82) is 0 Å². The van der Waals surface area contributed by atoms with Gasteiger partial charge in [-0.25, -0.2) is 23.1 Å². The third kappa shape index (κ3) is 4.05. The Kier molecular flexibility index (Phi) is 5.00. The van der Waals surface area contributed by atoms with Gasteiger partial charge in [-0.2, -0.15) is 0 Å². The van der Waals surface area contributed by atoms with Crippen LogP contribution in [0.4, 0.5) is 11.6 Å². The van der Waals surface area contributed by atoms with Crippen molar-refractivity contribution in [2.75, 3.05) is 10.0 Å². The van der Waals surface area contributed by atoms with Crippen LogP contribution in [0.2, 0.25) is 0 Å². The summed E-state index contributed by atoms with van der Waals surface area (Å²) in [6.45, 7) is 1.77. The van der Waals surface area contributed by atoms with E-state index < -0.39 is 10.0 Å². The maximum Gasteiger partial charge on any atom is 0.264 e. The van der Waals surface area contributed by atoms with Crippen molar-refractivity contribution in [1.82, 2.24) is 9.97 Å². The van der Waals surface area contributed by atoms with Crippen LogP contribution in [0.5, 0.6) is 0 Å². The zero-order valence-corrected chi connectivity index (χ0v) is 18.5. The number of aryl methyl sites for hydroxylation is 1. The van der Waals surface area contributed by atoms with E-state index in [2.05, 4.69) is 20.0 Å². The summed E-state index contributed by atoms with van der Waals surface area (Å²) in [5, 5.41) is 3.08. The van der Waals surface area contributed by atoms with Crippen LogP contribution in [0, 0.1) is 30.1 Å². The summed E-state index contributed by atoms with van der Waals surface area (Å²) in [5.74, 6) is 2.32. The minimum Gasteiger partial charge on any atom is -0.326 e. The zero-order valence-electron chi connectivity index (χ0n) is 17.7. The van der Waals surface area contributed by atoms with Gasteiger partial charge in [0.2, 0.25) is 11.9 Å². The van der Waals surface area contributed by atoms with Gasteiger partial charge < -0.3 is 5.32 Å². The molecule has 0 aliphatic heterocycles. The van der Waals surface area contributed by atoms with Crippen LogP contribution in [-0.2, 0) is 14.8 Å². The van der Waals surface area contributed by atoms with Crippen LogP contribution in [0.3, 0.4) is 0 Å². The van der Waals surface area contributed by atoms with Gasteiger partial charge in [-0.05, 0) is 100.0 Å². The number of rotatable bonds is 5. The van der Waals surface area contributed by atoms with E-state index in [9.17, 15) is 13.2 Å². The third-order valence-electron chi connectivity index (χ3n) is 7.31. The van der Waals surface area contributed by atoms with Crippen molar-refractivity contribution in [2.24, 2.45) is 23.2 Å². The Morgan fingerprint density at radius 2 is 1.71 bits per heavy atom. The molecule has 4 aliphatic rings. The topological polar surface area (TPSA) is 101 Å². The average Bonchev–Trinajstić information content (AvgIpc) is 2.92. The maximum absolute atomic E-state index is 13.3. The molecule has 2 aromatic rings. The molecule has 1 aromatic heterocycles. The first-order valence-corrected chi connectivity index (χ1v) is 12.5. The van der Waals surface area contributed by atoms with E-state index in [0.29, 0.717) is 23.2 Å². The zero-order chi connectivity index (χ0) is 21.6.